The highest BCUT2D eigenvalue weighted by Gasteiger charge is 2.29. The van der Waals surface area contributed by atoms with Crippen molar-refractivity contribution in [3.8, 4) is 5.75 Å². The van der Waals surface area contributed by atoms with Crippen LogP contribution in [0.2, 0.25) is 5.02 Å². The topological polar surface area (TPSA) is 73.6 Å². The first-order chi connectivity index (χ1) is 9.63. The van der Waals surface area contributed by atoms with E-state index in [0.29, 0.717) is 30.3 Å². The SMILES string of the molecule is COc1ccc(Cl)cc1CNC(=O)[C@@H]1CC[C@H](CN)O1. The predicted molar refractivity (Wildman–Crippen MR) is 76.8 cm³/mol. The fraction of sp³-hybridized carbons (Fsp3) is 0.500. The van der Waals surface area contributed by atoms with Crippen molar-refractivity contribution in [3.05, 3.63) is 28.8 Å². The van der Waals surface area contributed by atoms with Crippen LogP contribution < -0.4 is 15.8 Å². The molecule has 110 valence electrons. The predicted octanol–water partition coefficient (Wildman–Crippen LogP) is 1.47. The molecule has 0 radical (unpaired) electrons. The molecule has 0 saturated carbocycles. The van der Waals surface area contributed by atoms with Crippen molar-refractivity contribution in [1.82, 2.24) is 5.32 Å². The molecule has 1 aromatic carbocycles. The van der Waals surface area contributed by atoms with Crippen LogP contribution in [-0.4, -0.2) is 31.8 Å². The zero-order valence-electron chi connectivity index (χ0n) is 11.4. The van der Waals surface area contributed by atoms with Gasteiger partial charge in [0, 0.05) is 23.7 Å². The molecule has 1 heterocycles. The number of rotatable bonds is 5. The van der Waals surface area contributed by atoms with Gasteiger partial charge in [0.1, 0.15) is 11.9 Å². The zero-order valence-corrected chi connectivity index (χ0v) is 12.2. The molecule has 1 fully saturated rings. The maximum absolute atomic E-state index is 12.0. The second kappa shape index (κ2) is 6.92. The molecule has 6 heteroatoms. The summed E-state index contributed by atoms with van der Waals surface area (Å²) in [6.07, 6.45) is 1.12. The number of hydrogen-bond donors (Lipinski definition) is 2. The molecule has 0 aliphatic carbocycles. The first-order valence-electron chi connectivity index (χ1n) is 6.59. The van der Waals surface area contributed by atoms with E-state index < -0.39 is 6.10 Å². The number of nitrogens with one attached hydrogen (secondary N) is 1. The Bertz CT molecular complexity index is 481. The molecule has 0 bridgehead atoms. The van der Waals surface area contributed by atoms with Gasteiger partial charge in [-0.15, -0.1) is 0 Å². The molecule has 0 aromatic heterocycles. The summed E-state index contributed by atoms with van der Waals surface area (Å²) in [5.74, 6) is 0.574. The highest BCUT2D eigenvalue weighted by atomic mass is 35.5. The minimum absolute atomic E-state index is 0.00791. The van der Waals surface area contributed by atoms with Gasteiger partial charge in [0.15, 0.2) is 0 Å². The van der Waals surface area contributed by atoms with Crippen LogP contribution in [0.25, 0.3) is 0 Å². The van der Waals surface area contributed by atoms with E-state index in [1.165, 1.54) is 0 Å². The van der Waals surface area contributed by atoms with Crippen LogP contribution in [0.15, 0.2) is 18.2 Å². The van der Waals surface area contributed by atoms with Gasteiger partial charge in [-0.25, -0.2) is 0 Å². The number of ether oxygens (including phenoxy) is 2. The summed E-state index contributed by atoms with van der Waals surface area (Å²) in [5.41, 5.74) is 6.36. The highest BCUT2D eigenvalue weighted by Crippen LogP contribution is 2.23. The second-order valence-corrected chi connectivity index (χ2v) is 5.17. The third-order valence-electron chi connectivity index (χ3n) is 3.36. The molecule has 1 aliphatic rings. The molecular formula is C14H19ClN2O3. The van der Waals surface area contributed by atoms with Crippen LogP contribution in [0.4, 0.5) is 0 Å². The highest BCUT2D eigenvalue weighted by molar-refractivity contribution is 6.30. The quantitative estimate of drug-likeness (QED) is 0.863. The number of nitrogens with two attached hydrogens (primary N) is 1. The molecule has 1 saturated heterocycles. The van der Waals surface area contributed by atoms with E-state index in [0.717, 1.165) is 12.0 Å². The average Bonchev–Trinajstić information content (AvgIpc) is 2.94. The summed E-state index contributed by atoms with van der Waals surface area (Å²) in [4.78, 5) is 12.0. The van der Waals surface area contributed by atoms with Gasteiger partial charge < -0.3 is 20.5 Å². The van der Waals surface area contributed by atoms with Crippen molar-refractivity contribution in [3.63, 3.8) is 0 Å². The number of hydrogen-bond acceptors (Lipinski definition) is 4. The first kappa shape index (κ1) is 15.1. The molecule has 0 unspecified atom stereocenters. The summed E-state index contributed by atoms with van der Waals surface area (Å²) in [5, 5.41) is 3.45. The molecule has 0 spiro atoms. The van der Waals surface area contributed by atoms with E-state index >= 15 is 0 Å². The number of carbonyl (C=O) groups excluding carboxylic acids is 1. The van der Waals surface area contributed by atoms with E-state index in [4.69, 9.17) is 26.8 Å². The first-order valence-corrected chi connectivity index (χ1v) is 6.97. The van der Waals surface area contributed by atoms with Crippen molar-refractivity contribution in [2.75, 3.05) is 13.7 Å². The van der Waals surface area contributed by atoms with Crippen LogP contribution in [0.1, 0.15) is 18.4 Å². The molecule has 1 amide bonds. The maximum Gasteiger partial charge on any atom is 0.249 e. The lowest BCUT2D eigenvalue weighted by atomic mass is 10.1. The van der Waals surface area contributed by atoms with Gasteiger partial charge in [-0.05, 0) is 31.0 Å². The average molecular weight is 299 g/mol. The Morgan fingerprint density at radius 3 is 3.00 bits per heavy atom. The van der Waals surface area contributed by atoms with Crippen LogP contribution >= 0.6 is 11.6 Å². The third kappa shape index (κ3) is 3.62. The number of benzene rings is 1. The van der Waals surface area contributed by atoms with Crippen molar-refractivity contribution < 1.29 is 14.3 Å². The molecule has 3 N–H and O–H groups in total. The van der Waals surface area contributed by atoms with Gasteiger partial charge in [0.25, 0.3) is 0 Å². The number of carbonyl (C=O) groups is 1. The Kier molecular flexibility index (Phi) is 5.23. The van der Waals surface area contributed by atoms with Gasteiger partial charge in [-0.1, -0.05) is 11.6 Å². The molecule has 2 atom stereocenters. The fourth-order valence-electron chi connectivity index (χ4n) is 2.25. The monoisotopic (exact) mass is 298 g/mol. The lowest BCUT2D eigenvalue weighted by Crippen LogP contribution is -2.35. The molecule has 2 rings (SSSR count). The van der Waals surface area contributed by atoms with E-state index in [1.807, 2.05) is 0 Å². The zero-order chi connectivity index (χ0) is 14.5. The lowest BCUT2D eigenvalue weighted by Gasteiger charge is -2.14. The molecular weight excluding hydrogens is 280 g/mol. The standard InChI is InChI=1S/C14H19ClN2O3/c1-19-12-4-2-10(15)6-9(12)8-17-14(18)13-5-3-11(7-16)20-13/h2,4,6,11,13H,3,5,7-8,16H2,1H3,(H,17,18)/t11-,13+/m1/s1. The Balaban J connectivity index is 1.92. The second-order valence-electron chi connectivity index (χ2n) is 4.73. The normalized spacial score (nSPS) is 21.8. The molecule has 20 heavy (non-hydrogen) atoms. The Labute approximate surface area is 123 Å². The van der Waals surface area contributed by atoms with Crippen molar-refractivity contribution in [1.29, 1.82) is 0 Å². The summed E-state index contributed by atoms with van der Waals surface area (Å²) in [6.45, 7) is 0.807. The maximum atomic E-state index is 12.0. The smallest absolute Gasteiger partial charge is 0.249 e. The van der Waals surface area contributed by atoms with Crippen LogP contribution in [-0.2, 0) is 16.1 Å². The summed E-state index contributed by atoms with van der Waals surface area (Å²) < 4.78 is 10.8. The largest absolute Gasteiger partial charge is 0.496 e. The number of amides is 1. The Morgan fingerprint density at radius 1 is 1.55 bits per heavy atom. The van der Waals surface area contributed by atoms with Crippen molar-refractivity contribution in [2.45, 2.75) is 31.6 Å². The van der Waals surface area contributed by atoms with Crippen LogP contribution in [0.5, 0.6) is 5.75 Å². The summed E-state index contributed by atoms with van der Waals surface area (Å²) in [7, 11) is 1.58. The summed E-state index contributed by atoms with van der Waals surface area (Å²) >= 11 is 5.95. The van der Waals surface area contributed by atoms with Gasteiger partial charge in [-0.3, -0.25) is 4.79 Å². The van der Waals surface area contributed by atoms with Gasteiger partial charge >= 0.3 is 0 Å². The lowest BCUT2D eigenvalue weighted by molar-refractivity contribution is -0.132. The Morgan fingerprint density at radius 2 is 2.35 bits per heavy atom. The van der Waals surface area contributed by atoms with Crippen molar-refractivity contribution >= 4 is 17.5 Å². The van der Waals surface area contributed by atoms with Crippen molar-refractivity contribution in [2.24, 2.45) is 5.73 Å². The minimum Gasteiger partial charge on any atom is -0.496 e. The number of halogens is 1. The van der Waals surface area contributed by atoms with Crippen LogP contribution in [0.3, 0.4) is 0 Å². The number of methoxy groups -OCH3 is 1. The minimum atomic E-state index is -0.409. The van der Waals surface area contributed by atoms with E-state index in [-0.39, 0.29) is 12.0 Å². The van der Waals surface area contributed by atoms with E-state index in [9.17, 15) is 4.79 Å². The molecule has 5 nitrogen and oxygen atoms in total. The third-order valence-corrected chi connectivity index (χ3v) is 3.59. The van der Waals surface area contributed by atoms with E-state index in [2.05, 4.69) is 5.32 Å². The molecule has 1 aliphatic heterocycles. The van der Waals surface area contributed by atoms with Gasteiger partial charge in [-0.2, -0.15) is 0 Å². The van der Waals surface area contributed by atoms with Crippen LogP contribution in [0, 0.1) is 0 Å². The summed E-state index contributed by atoms with van der Waals surface area (Å²) in [6, 6.07) is 5.30. The Hall–Kier alpha value is -1.30. The van der Waals surface area contributed by atoms with Gasteiger partial charge in [0.2, 0.25) is 5.91 Å². The van der Waals surface area contributed by atoms with E-state index in [1.54, 1.807) is 25.3 Å². The fourth-order valence-corrected chi connectivity index (χ4v) is 2.45. The van der Waals surface area contributed by atoms with Gasteiger partial charge in [0.05, 0.1) is 13.2 Å². The molecule has 1 aromatic rings.